The minimum Gasteiger partial charge on any atom is -0.366 e. The monoisotopic (exact) mass is 228 g/mol. The molecule has 88 valence electrons. The predicted octanol–water partition coefficient (Wildman–Crippen LogP) is 2.69. The van der Waals surface area contributed by atoms with Crippen LogP contribution in [0.2, 0.25) is 0 Å². The summed E-state index contributed by atoms with van der Waals surface area (Å²) < 4.78 is 0. The molecule has 1 saturated carbocycles. The van der Waals surface area contributed by atoms with Crippen molar-refractivity contribution < 1.29 is 0 Å². The summed E-state index contributed by atoms with van der Waals surface area (Å²) >= 11 is 5.13. The van der Waals surface area contributed by atoms with E-state index in [-0.39, 0.29) is 0 Å². The molecule has 0 saturated heterocycles. The van der Waals surface area contributed by atoms with Crippen LogP contribution in [0, 0.1) is 11.3 Å². The minimum atomic E-state index is 0.509. The van der Waals surface area contributed by atoms with E-state index in [0.29, 0.717) is 5.41 Å². The number of thiocarbonyl (C=S) groups is 1. The van der Waals surface area contributed by atoms with Gasteiger partial charge in [0, 0.05) is 13.6 Å². The molecule has 1 fully saturated rings. The van der Waals surface area contributed by atoms with Crippen LogP contribution in [0.25, 0.3) is 0 Å². The van der Waals surface area contributed by atoms with Gasteiger partial charge in [-0.15, -0.1) is 0 Å². The second-order valence-corrected chi connectivity index (χ2v) is 5.65. The standard InChI is InChI=1S/C12H24N2S/c1-10(2)8-12(6-4-5-7-12)9-14-11(15)13-3/h10H,4-9H2,1-3H3,(H2,13,14,15). The molecule has 0 bridgehead atoms. The Morgan fingerprint density at radius 1 is 1.33 bits per heavy atom. The topological polar surface area (TPSA) is 24.1 Å². The number of rotatable bonds is 4. The highest BCUT2D eigenvalue weighted by Gasteiger charge is 2.34. The van der Waals surface area contributed by atoms with E-state index in [1.165, 1.54) is 32.1 Å². The number of nitrogens with one attached hydrogen (secondary N) is 2. The predicted molar refractivity (Wildman–Crippen MR) is 70.0 cm³/mol. The summed E-state index contributed by atoms with van der Waals surface area (Å²) in [6.07, 6.45) is 6.84. The second-order valence-electron chi connectivity index (χ2n) is 5.24. The van der Waals surface area contributed by atoms with Crippen LogP contribution in [0.3, 0.4) is 0 Å². The van der Waals surface area contributed by atoms with Gasteiger partial charge in [0.2, 0.25) is 0 Å². The highest BCUT2D eigenvalue weighted by atomic mass is 32.1. The van der Waals surface area contributed by atoms with Gasteiger partial charge in [0.1, 0.15) is 0 Å². The van der Waals surface area contributed by atoms with Gasteiger partial charge in [-0.3, -0.25) is 0 Å². The number of hydrogen-bond acceptors (Lipinski definition) is 1. The van der Waals surface area contributed by atoms with Crippen LogP contribution >= 0.6 is 12.2 Å². The average molecular weight is 228 g/mol. The molecule has 0 amide bonds. The molecule has 3 heteroatoms. The molecule has 2 nitrogen and oxygen atoms in total. The van der Waals surface area contributed by atoms with Crippen LogP contribution in [0.5, 0.6) is 0 Å². The van der Waals surface area contributed by atoms with E-state index in [4.69, 9.17) is 12.2 Å². The fourth-order valence-corrected chi connectivity index (χ4v) is 2.87. The Balaban J connectivity index is 2.46. The highest BCUT2D eigenvalue weighted by molar-refractivity contribution is 7.80. The van der Waals surface area contributed by atoms with Gasteiger partial charge in [-0.2, -0.15) is 0 Å². The first-order chi connectivity index (χ1) is 7.08. The molecule has 15 heavy (non-hydrogen) atoms. The van der Waals surface area contributed by atoms with E-state index >= 15 is 0 Å². The van der Waals surface area contributed by atoms with Gasteiger partial charge in [-0.1, -0.05) is 26.7 Å². The van der Waals surface area contributed by atoms with E-state index in [9.17, 15) is 0 Å². The number of hydrogen-bond donors (Lipinski definition) is 2. The maximum absolute atomic E-state index is 5.13. The zero-order chi connectivity index (χ0) is 11.3. The first-order valence-electron chi connectivity index (χ1n) is 6.03. The lowest BCUT2D eigenvalue weighted by Crippen LogP contribution is -2.40. The lowest BCUT2D eigenvalue weighted by molar-refractivity contribution is 0.235. The molecule has 1 rings (SSSR count). The molecule has 1 aliphatic carbocycles. The third kappa shape index (κ3) is 3.98. The summed E-state index contributed by atoms with van der Waals surface area (Å²) in [7, 11) is 1.87. The van der Waals surface area contributed by atoms with Crippen LogP contribution in [-0.2, 0) is 0 Å². The van der Waals surface area contributed by atoms with Crippen molar-refractivity contribution in [2.24, 2.45) is 11.3 Å². The van der Waals surface area contributed by atoms with Gasteiger partial charge in [0.15, 0.2) is 5.11 Å². The van der Waals surface area contributed by atoms with Gasteiger partial charge in [0.25, 0.3) is 0 Å². The van der Waals surface area contributed by atoms with Crippen LogP contribution in [0.1, 0.15) is 46.0 Å². The molecule has 0 aromatic carbocycles. The molecular weight excluding hydrogens is 204 g/mol. The summed E-state index contributed by atoms with van der Waals surface area (Å²) in [6, 6.07) is 0. The molecule has 0 aliphatic heterocycles. The largest absolute Gasteiger partial charge is 0.366 e. The smallest absolute Gasteiger partial charge is 0.166 e. The Labute approximate surface area is 99.2 Å². The maximum atomic E-state index is 5.13. The van der Waals surface area contributed by atoms with Gasteiger partial charge >= 0.3 is 0 Å². The Morgan fingerprint density at radius 3 is 2.40 bits per heavy atom. The van der Waals surface area contributed by atoms with Crippen LogP contribution in [0.4, 0.5) is 0 Å². The van der Waals surface area contributed by atoms with E-state index in [1.54, 1.807) is 0 Å². The molecule has 2 N–H and O–H groups in total. The third-order valence-electron chi connectivity index (χ3n) is 3.36. The van der Waals surface area contributed by atoms with Crippen molar-refractivity contribution in [3.63, 3.8) is 0 Å². The summed E-state index contributed by atoms with van der Waals surface area (Å²) in [5, 5.41) is 7.10. The first-order valence-corrected chi connectivity index (χ1v) is 6.44. The lowest BCUT2D eigenvalue weighted by Gasteiger charge is -2.31. The van der Waals surface area contributed by atoms with Gasteiger partial charge in [-0.25, -0.2) is 0 Å². The van der Waals surface area contributed by atoms with E-state index in [0.717, 1.165) is 17.6 Å². The van der Waals surface area contributed by atoms with Crippen molar-refractivity contribution in [1.82, 2.24) is 10.6 Å². The Morgan fingerprint density at radius 2 is 1.93 bits per heavy atom. The molecule has 0 aromatic rings. The Hall–Kier alpha value is -0.310. The minimum absolute atomic E-state index is 0.509. The van der Waals surface area contributed by atoms with Crippen molar-refractivity contribution in [2.45, 2.75) is 46.0 Å². The average Bonchev–Trinajstić information content (AvgIpc) is 2.62. The maximum Gasteiger partial charge on any atom is 0.166 e. The lowest BCUT2D eigenvalue weighted by atomic mass is 9.78. The third-order valence-corrected chi connectivity index (χ3v) is 3.70. The SMILES string of the molecule is CNC(=S)NCC1(CC(C)C)CCCC1. The van der Waals surface area contributed by atoms with Crippen molar-refractivity contribution in [3.05, 3.63) is 0 Å². The molecule has 0 unspecified atom stereocenters. The van der Waals surface area contributed by atoms with E-state index < -0.39 is 0 Å². The Kier molecular flexibility index (Phi) is 4.84. The van der Waals surface area contributed by atoms with Gasteiger partial charge < -0.3 is 10.6 Å². The zero-order valence-corrected chi connectivity index (χ0v) is 11.0. The van der Waals surface area contributed by atoms with Crippen molar-refractivity contribution in [3.8, 4) is 0 Å². The van der Waals surface area contributed by atoms with Crippen LogP contribution < -0.4 is 10.6 Å². The Bertz CT molecular complexity index is 208. The van der Waals surface area contributed by atoms with Crippen molar-refractivity contribution in [1.29, 1.82) is 0 Å². The quantitative estimate of drug-likeness (QED) is 0.724. The highest BCUT2D eigenvalue weighted by Crippen LogP contribution is 2.42. The molecule has 0 radical (unpaired) electrons. The fraction of sp³-hybridized carbons (Fsp3) is 0.917. The second kappa shape index (κ2) is 5.69. The van der Waals surface area contributed by atoms with Crippen molar-refractivity contribution >= 4 is 17.3 Å². The van der Waals surface area contributed by atoms with Gasteiger partial charge in [-0.05, 0) is 42.8 Å². The molecular formula is C12H24N2S. The van der Waals surface area contributed by atoms with E-state index in [2.05, 4.69) is 24.5 Å². The molecule has 0 heterocycles. The summed E-state index contributed by atoms with van der Waals surface area (Å²) in [6.45, 7) is 5.68. The molecule has 0 aromatic heterocycles. The van der Waals surface area contributed by atoms with Crippen molar-refractivity contribution in [2.75, 3.05) is 13.6 Å². The van der Waals surface area contributed by atoms with Gasteiger partial charge in [0.05, 0.1) is 0 Å². The normalized spacial score (nSPS) is 19.2. The van der Waals surface area contributed by atoms with Crippen LogP contribution in [-0.4, -0.2) is 18.7 Å². The first kappa shape index (κ1) is 12.8. The fourth-order valence-electron chi connectivity index (χ4n) is 2.80. The summed E-state index contributed by atoms with van der Waals surface area (Å²) in [4.78, 5) is 0. The van der Waals surface area contributed by atoms with E-state index in [1.807, 2.05) is 7.05 Å². The molecule has 1 aliphatic rings. The molecule has 0 atom stereocenters. The summed E-state index contributed by atoms with van der Waals surface area (Å²) in [5.74, 6) is 0.785. The van der Waals surface area contributed by atoms with Crippen LogP contribution in [0.15, 0.2) is 0 Å². The zero-order valence-electron chi connectivity index (χ0n) is 10.2. The summed E-state index contributed by atoms with van der Waals surface area (Å²) in [5.41, 5.74) is 0.509. The molecule has 0 spiro atoms.